The summed E-state index contributed by atoms with van der Waals surface area (Å²) in [4.78, 5) is 4.28. The van der Waals surface area contributed by atoms with Gasteiger partial charge in [0.1, 0.15) is 5.82 Å². The summed E-state index contributed by atoms with van der Waals surface area (Å²) < 4.78 is 0. The van der Waals surface area contributed by atoms with Crippen molar-refractivity contribution in [1.29, 1.82) is 0 Å². The lowest BCUT2D eigenvalue weighted by Crippen LogP contribution is -2.13. The molecule has 2 rings (SSSR count). The monoisotopic (exact) mass is 368 g/mol. The molecule has 0 spiro atoms. The Labute approximate surface area is 162 Å². The number of hydrogen-bond donors (Lipinski definition) is 3. The fraction of sp³-hybridized carbons (Fsp3) is 0.455. The lowest BCUT2D eigenvalue weighted by Gasteiger charge is -2.08. The molecule has 4 N–H and O–H groups in total. The van der Waals surface area contributed by atoms with E-state index in [-0.39, 0.29) is 5.84 Å². The van der Waals surface area contributed by atoms with E-state index in [2.05, 4.69) is 46.6 Å². The highest BCUT2D eigenvalue weighted by Gasteiger charge is 2.01. The molecule has 1 aromatic heterocycles. The molecule has 0 aliphatic carbocycles. The Bertz CT molecular complexity index is 680. The third-order valence-electron chi connectivity index (χ3n) is 4.71. The molecule has 0 radical (unpaired) electrons. The highest BCUT2D eigenvalue weighted by Crippen LogP contribution is 2.17. The maximum absolute atomic E-state index is 8.67. The number of nitrogens with one attached hydrogen (secondary N) is 1. The highest BCUT2D eigenvalue weighted by molar-refractivity contribution is 5.96. The number of rotatable bonds is 12. The normalized spacial score (nSPS) is 11.5. The van der Waals surface area contributed by atoms with Crippen molar-refractivity contribution in [3.8, 4) is 0 Å². The van der Waals surface area contributed by atoms with E-state index in [9.17, 15) is 0 Å². The number of anilines is 2. The predicted molar refractivity (Wildman–Crippen MR) is 113 cm³/mol. The zero-order valence-corrected chi connectivity index (χ0v) is 16.3. The standard InChI is InChI=1S/C22H32N4O/c1-2-3-4-5-6-7-8-9-10-18-11-14-20(15-12-18)25-21-16-13-19(17-24-21)22(23)26-27/h11-17,27H,2-10H2,1H3,(H2,23,26)(H,24,25). The van der Waals surface area contributed by atoms with Crippen molar-refractivity contribution in [3.63, 3.8) is 0 Å². The van der Waals surface area contributed by atoms with E-state index in [1.54, 1.807) is 12.3 Å². The highest BCUT2D eigenvalue weighted by atomic mass is 16.4. The van der Waals surface area contributed by atoms with Gasteiger partial charge in [0.25, 0.3) is 0 Å². The van der Waals surface area contributed by atoms with E-state index >= 15 is 0 Å². The van der Waals surface area contributed by atoms with E-state index < -0.39 is 0 Å². The predicted octanol–water partition coefficient (Wildman–Crippen LogP) is 5.60. The van der Waals surface area contributed by atoms with Crippen LogP contribution >= 0.6 is 0 Å². The van der Waals surface area contributed by atoms with Gasteiger partial charge in [-0.15, -0.1) is 0 Å². The van der Waals surface area contributed by atoms with Gasteiger partial charge in [-0.2, -0.15) is 0 Å². The van der Waals surface area contributed by atoms with E-state index in [1.165, 1.54) is 56.9 Å². The molecule has 0 saturated carbocycles. The van der Waals surface area contributed by atoms with Crippen LogP contribution in [0.1, 0.15) is 69.4 Å². The summed E-state index contributed by atoms with van der Waals surface area (Å²) in [5.41, 5.74) is 8.50. The molecule has 0 fully saturated rings. The van der Waals surface area contributed by atoms with Gasteiger partial charge < -0.3 is 16.3 Å². The minimum Gasteiger partial charge on any atom is -0.409 e. The molecule has 0 atom stereocenters. The second kappa shape index (κ2) is 11.9. The number of pyridine rings is 1. The van der Waals surface area contributed by atoms with Gasteiger partial charge in [0.2, 0.25) is 0 Å². The number of aromatic nitrogens is 1. The Morgan fingerprint density at radius 1 is 0.963 bits per heavy atom. The maximum atomic E-state index is 8.67. The number of nitrogens with two attached hydrogens (primary N) is 1. The Morgan fingerprint density at radius 3 is 2.22 bits per heavy atom. The molecule has 27 heavy (non-hydrogen) atoms. The molecule has 0 saturated heterocycles. The van der Waals surface area contributed by atoms with Crippen LogP contribution in [0.4, 0.5) is 11.5 Å². The van der Waals surface area contributed by atoms with Gasteiger partial charge in [-0.1, -0.05) is 69.2 Å². The second-order valence-corrected chi connectivity index (χ2v) is 6.96. The van der Waals surface area contributed by atoms with Crippen molar-refractivity contribution in [3.05, 3.63) is 53.7 Å². The fourth-order valence-corrected chi connectivity index (χ4v) is 3.04. The molecule has 2 aromatic rings. The molecule has 1 aromatic carbocycles. The summed E-state index contributed by atoms with van der Waals surface area (Å²) in [6.07, 6.45) is 13.5. The number of benzene rings is 1. The summed E-state index contributed by atoms with van der Waals surface area (Å²) in [5.74, 6) is 0.777. The number of amidine groups is 1. The average Bonchev–Trinajstić information content (AvgIpc) is 2.71. The van der Waals surface area contributed by atoms with Crippen molar-refractivity contribution in [2.75, 3.05) is 5.32 Å². The topological polar surface area (TPSA) is 83.5 Å². The Kier molecular flexibility index (Phi) is 9.18. The van der Waals surface area contributed by atoms with Crippen molar-refractivity contribution >= 4 is 17.3 Å². The van der Waals surface area contributed by atoms with E-state index in [4.69, 9.17) is 10.9 Å². The first-order valence-corrected chi connectivity index (χ1v) is 10.0. The average molecular weight is 369 g/mol. The number of unbranched alkanes of at least 4 members (excludes halogenated alkanes) is 7. The Morgan fingerprint density at radius 2 is 1.63 bits per heavy atom. The van der Waals surface area contributed by atoms with Crippen LogP contribution in [0.25, 0.3) is 0 Å². The fourth-order valence-electron chi connectivity index (χ4n) is 3.04. The summed E-state index contributed by atoms with van der Waals surface area (Å²) in [7, 11) is 0. The molecule has 1 heterocycles. The van der Waals surface area contributed by atoms with Gasteiger partial charge in [-0.25, -0.2) is 4.98 Å². The smallest absolute Gasteiger partial charge is 0.171 e. The van der Waals surface area contributed by atoms with E-state index in [0.29, 0.717) is 5.56 Å². The van der Waals surface area contributed by atoms with Gasteiger partial charge in [-0.3, -0.25) is 0 Å². The van der Waals surface area contributed by atoms with Crippen molar-refractivity contribution in [1.82, 2.24) is 4.98 Å². The molecular formula is C22H32N4O. The van der Waals surface area contributed by atoms with Gasteiger partial charge in [0, 0.05) is 17.4 Å². The SMILES string of the molecule is CCCCCCCCCCc1ccc(Nc2ccc(/C(N)=N/O)cn2)cc1. The largest absolute Gasteiger partial charge is 0.409 e. The summed E-state index contributed by atoms with van der Waals surface area (Å²) >= 11 is 0. The minimum absolute atomic E-state index is 0.0550. The van der Waals surface area contributed by atoms with Gasteiger partial charge in [-0.05, 0) is 42.7 Å². The first-order chi connectivity index (χ1) is 13.2. The zero-order chi connectivity index (χ0) is 19.3. The third-order valence-corrected chi connectivity index (χ3v) is 4.71. The van der Waals surface area contributed by atoms with Crippen LogP contribution < -0.4 is 11.1 Å². The number of nitrogens with zero attached hydrogens (tertiary/aromatic N) is 2. The number of aryl methyl sites for hydroxylation is 1. The zero-order valence-electron chi connectivity index (χ0n) is 16.3. The summed E-state index contributed by atoms with van der Waals surface area (Å²) in [6.45, 7) is 2.26. The third kappa shape index (κ3) is 7.69. The second-order valence-electron chi connectivity index (χ2n) is 6.96. The van der Waals surface area contributed by atoms with Crippen LogP contribution in [0.5, 0.6) is 0 Å². The molecule has 0 bridgehead atoms. The van der Waals surface area contributed by atoms with Crippen LogP contribution in [0, 0.1) is 0 Å². The van der Waals surface area contributed by atoms with Crippen LogP contribution in [-0.4, -0.2) is 16.0 Å². The van der Waals surface area contributed by atoms with Gasteiger partial charge >= 0.3 is 0 Å². The summed E-state index contributed by atoms with van der Waals surface area (Å²) in [6, 6.07) is 12.1. The van der Waals surface area contributed by atoms with Gasteiger partial charge in [0.05, 0.1) is 0 Å². The molecule has 5 heteroatoms. The van der Waals surface area contributed by atoms with E-state index in [0.717, 1.165) is 17.9 Å². The number of hydrogen-bond acceptors (Lipinski definition) is 4. The van der Waals surface area contributed by atoms with Crippen molar-refractivity contribution in [2.24, 2.45) is 10.9 Å². The van der Waals surface area contributed by atoms with Crippen LogP contribution in [0.3, 0.4) is 0 Å². The summed E-state index contributed by atoms with van der Waals surface area (Å²) in [5, 5.41) is 14.9. The number of oxime groups is 1. The van der Waals surface area contributed by atoms with Gasteiger partial charge in [0.15, 0.2) is 5.84 Å². The first-order valence-electron chi connectivity index (χ1n) is 10.0. The lowest BCUT2D eigenvalue weighted by molar-refractivity contribution is 0.318. The van der Waals surface area contributed by atoms with E-state index in [1.807, 2.05) is 6.07 Å². The van der Waals surface area contributed by atoms with Crippen molar-refractivity contribution in [2.45, 2.75) is 64.7 Å². The quantitative estimate of drug-likeness (QED) is 0.150. The minimum atomic E-state index is 0.0550. The Balaban J connectivity index is 1.70. The van der Waals surface area contributed by atoms with Crippen LogP contribution in [-0.2, 0) is 6.42 Å². The molecule has 146 valence electrons. The molecular weight excluding hydrogens is 336 g/mol. The lowest BCUT2D eigenvalue weighted by atomic mass is 10.0. The van der Waals surface area contributed by atoms with Crippen LogP contribution in [0.15, 0.2) is 47.8 Å². The molecule has 5 nitrogen and oxygen atoms in total. The molecule has 0 unspecified atom stereocenters. The molecule has 0 amide bonds. The first kappa shape index (κ1) is 20.7. The maximum Gasteiger partial charge on any atom is 0.171 e. The molecule has 0 aliphatic heterocycles. The Hall–Kier alpha value is -2.56. The van der Waals surface area contributed by atoms with Crippen molar-refractivity contribution < 1.29 is 5.21 Å². The molecule has 0 aliphatic rings. The van der Waals surface area contributed by atoms with Crippen LogP contribution in [0.2, 0.25) is 0 Å².